The highest BCUT2D eigenvalue weighted by molar-refractivity contribution is 7.99. The van der Waals surface area contributed by atoms with Gasteiger partial charge in [0.15, 0.2) is 11.0 Å². The average molecular weight is 475 g/mol. The Bertz CT molecular complexity index is 1190. The molecule has 1 amide bonds. The van der Waals surface area contributed by atoms with Crippen molar-refractivity contribution in [2.75, 3.05) is 25.3 Å². The molecule has 32 heavy (non-hydrogen) atoms. The molecule has 2 heterocycles. The van der Waals surface area contributed by atoms with Crippen molar-refractivity contribution in [2.24, 2.45) is 7.05 Å². The average Bonchev–Trinajstić information content (AvgIpc) is 3.30. The first-order valence-corrected chi connectivity index (χ1v) is 11.3. The number of carbonyl (C=O) groups excluding carboxylic acids is 3. The van der Waals surface area contributed by atoms with Gasteiger partial charge >= 0.3 is 11.9 Å². The first-order valence-electron chi connectivity index (χ1n) is 9.46. The van der Waals surface area contributed by atoms with Crippen molar-refractivity contribution < 1.29 is 23.9 Å². The summed E-state index contributed by atoms with van der Waals surface area (Å²) in [5.41, 5.74) is 2.57. The van der Waals surface area contributed by atoms with Crippen LogP contribution in [0.25, 0.3) is 11.4 Å². The molecule has 0 spiro atoms. The van der Waals surface area contributed by atoms with Crippen molar-refractivity contribution in [3.63, 3.8) is 0 Å². The third kappa shape index (κ3) is 4.68. The molecule has 1 aromatic carbocycles. The lowest BCUT2D eigenvalue weighted by atomic mass is 10.1. The number of thiophene rings is 1. The molecule has 0 radical (unpaired) electrons. The van der Waals surface area contributed by atoms with Gasteiger partial charge in [-0.15, -0.1) is 21.5 Å². The van der Waals surface area contributed by atoms with Crippen LogP contribution in [0.5, 0.6) is 0 Å². The van der Waals surface area contributed by atoms with Gasteiger partial charge < -0.3 is 19.4 Å². The smallest absolute Gasteiger partial charge is 0.348 e. The molecule has 0 saturated carbocycles. The number of aromatic nitrogens is 3. The van der Waals surface area contributed by atoms with Gasteiger partial charge in [-0.05, 0) is 25.0 Å². The van der Waals surface area contributed by atoms with E-state index in [-0.39, 0.29) is 27.1 Å². The normalized spacial score (nSPS) is 10.7. The van der Waals surface area contributed by atoms with Crippen molar-refractivity contribution in [1.82, 2.24) is 14.8 Å². The maximum atomic E-state index is 12.6. The molecule has 1 N–H and O–H groups in total. The molecule has 11 heteroatoms. The van der Waals surface area contributed by atoms with Gasteiger partial charge in [-0.2, -0.15) is 0 Å². The van der Waals surface area contributed by atoms with Crippen LogP contribution < -0.4 is 5.32 Å². The molecule has 3 aromatic rings. The first kappa shape index (κ1) is 23.5. The summed E-state index contributed by atoms with van der Waals surface area (Å²) in [7, 11) is 4.32. The summed E-state index contributed by atoms with van der Waals surface area (Å²) < 4.78 is 11.4. The quantitative estimate of drug-likeness (QED) is 0.409. The van der Waals surface area contributed by atoms with E-state index in [9.17, 15) is 14.4 Å². The molecular weight excluding hydrogens is 452 g/mol. The zero-order valence-corrected chi connectivity index (χ0v) is 19.8. The summed E-state index contributed by atoms with van der Waals surface area (Å²) in [4.78, 5) is 37.0. The number of anilines is 1. The molecule has 0 aliphatic carbocycles. The summed E-state index contributed by atoms with van der Waals surface area (Å²) in [5, 5.41) is 11.9. The zero-order valence-electron chi connectivity index (χ0n) is 18.2. The second-order valence-corrected chi connectivity index (χ2v) is 8.72. The van der Waals surface area contributed by atoms with E-state index < -0.39 is 11.9 Å². The number of carbonyl (C=O) groups is 3. The molecule has 3 rings (SSSR count). The molecule has 168 valence electrons. The van der Waals surface area contributed by atoms with Crippen LogP contribution in [0.4, 0.5) is 5.00 Å². The zero-order chi connectivity index (χ0) is 23.4. The van der Waals surface area contributed by atoms with Gasteiger partial charge in [0.05, 0.1) is 25.5 Å². The van der Waals surface area contributed by atoms with E-state index in [2.05, 4.69) is 15.5 Å². The lowest BCUT2D eigenvalue weighted by molar-refractivity contribution is -0.113. The molecule has 2 aromatic heterocycles. The molecule has 0 atom stereocenters. The number of nitrogens with one attached hydrogen (secondary N) is 1. The van der Waals surface area contributed by atoms with Crippen LogP contribution in [-0.2, 0) is 21.3 Å². The van der Waals surface area contributed by atoms with Crippen LogP contribution in [0.1, 0.15) is 31.2 Å². The van der Waals surface area contributed by atoms with Gasteiger partial charge in [-0.3, -0.25) is 4.79 Å². The lowest BCUT2D eigenvalue weighted by Gasteiger charge is -2.07. The highest BCUT2D eigenvalue weighted by Gasteiger charge is 2.27. The minimum Gasteiger partial charge on any atom is -0.465 e. The Morgan fingerprint density at radius 3 is 2.44 bits per heavy atom. The van der Waals surface area contributed by atoms with E-state index in [0.29, 0.717) is 16.5 Å². The topological polar surface area (TPSA) is 112 Å². The van der Waals surface area contributed by atoms with Crippen molar-refractivity contribution in [3.8, 4) is 11.4 Å². The number of nitrogens with zero attached hydrogens (tertiary/aromatic N) is 3. The number of thioether (sulfide) groups is 1. The van der Waals surface area contributed by atoms with Crippen molar-refractivity contribution in [1.29, 1.82) is 0 Å². The molecule has 0 fully saturated rings. The Kier molecular flexibility index (Phi) is 7.31. The van der Waals surface area contributed by atoms with Crippen LogP contribution in [0.3, 0.4) is 0 Å². The first-order chi connectivity index (χ1) is 15.3. The molecule has 0 bridgehead atoms. The number of benzene rings is 1. The highest BCUT2D eigenvalue weighted by Crippen LogP contribution is 2.34. The van der Waals surface area contributed by atoms with Gasteiger partial charge in [0, 0.05) is 12.6 Å². The molecule has 0 unspecified atom stereocenters. The highest BCUT2D eigenvalue weighted by atomic mass is 32.2. The van der Waals surface area contributed by atoms with Crippen LogP contribution >= 0.6 is 23.1 Å². The minimum absolute atomic E-state index is 0.0326. The third-order valence-corrected chi connectivity index (χ3v) is 6.92. The van der Waals surface area contributed by atoms with Crippen LogP contribution in [0, 0.1) is 13.8 Å². The number of amides is 1. The van der Waals surface area contributed by atoms with E-state index in [4.69, 9.17) is 9.47 Å². The number of methoxy groups -OCH3 is 2. The molecular formula is C21H22N4O5S2. The van der Waals surface area contributed by atoms with Crippen LogP contribution in [-0.4, -0.2) is 52.6 Å². The van der Waals surface area contributed by atoms with Gasteiger partial charge in [-0.1, -0.05) is 36.0 Å². The fourth-order valence-electron chi connectivity index (χ4n) is 3.03. The third-order valence-electron chi connectivity index (χ3n) is 4.71. The van der Waals surface area contributed by atoms with Crippen molar-refractivity contribution in [3.05, 3.63) is 45.8 Å². The maximum absolute atomic E-state index is 12.6. The molecule has 0 aliphatic heterocycles. The maximum Gasteiger partial charge on any atom is 0.348 e. The predicted octanol–water partition coefficient (Wildman–Crippen LogP) is 3.46. The Morgan fingerprint density at radius 1 is 1.09 bits per heavy atom. The van der Waals surface area contributed by atoms with Gasteiger partial charge in [-0.25, -0.2) is 9.59 Å². The molecule has 9 nitrogen and oxygen atoms in total. The molecule has 0 saturated heterocycles. The Labute approximate surface area is 193 Å². The number of aryl methyl sites for hydroxylation is 1. The lowest BCUT2D eigenvalue weighted by Crippen LogP contribution is -2.16. The van der Waals surface area contributed by atoms with Crippen molar-refractivity contribution in [2.45, 2.75) is 19.0 Å². The summed E-state index contributed by atoms with van der Waals surface area (Å²) in [6, 6.07) is 7.85. The van der Waals surface area contributed by atoms with Gasteiger partial charge in [0.1, 0.15) is 9.88 Å². The van der Waals surface area contributed by atoms with E-state index >= 15 is 0 Å². The van der Waals surface area contributed by atoms with Crippen LogP contribution in [0.2, 0.25) is 0 Å². The van der Waals surface area contributed by atoms with Gasteiger partial charge in [0.25, 0.3) is 0 Å². The Balaban J connectivity index is 1.75. The Hall–Kier alpha value is -3.18. The number of hydrogen-bond acceptors (Lipinski definition) is 9. The van der Waals surface area contributed by atoms with E-state index in [1.165, 1.54) is 26.0 Å². The van der Waals surface area contributed by atoms with Crippen molar-refractivity contribution >= 4 is 45.9 Å². The SMILES string of the molecule is COC(=O)c1sc(NC(=O)CSc2nnc(-c3ccccc3C)n2C)c(C(=O)OC)c1C. The van der Waals surface area contributed by atoms with E-state index in [1.807, 2.05) is 42.8 Å². The monoisotopic (exact) mass is 474 g/mol. The second-order valence-electron chi connectivity index (χ2n) is 6.76. The summed E-state index contributed by atoms with van der Waals surface area (Å²) in [5.74, 6) is -0.859. The fourth-order valence-corrected chi connectivity index (χ4v) is 4.87. The summed E-state index contributed by atoms with van der Waals surface area (Å²) in [6.45, 7) is 3.60. The van der Waals surface area contributed by atoms with Gasteiger partial charge in [0.2, 0.25) is 5.91 Å². The van der Waals surface area contributed by atoms with E-state index in [0.717, 1.165) is 22.5 Å². The number of esters is 2. The second kappa shape index (κ2) is 9.96. The standard InChI is InChI=1S/C21H22N4O5S2/c1-11-8-6-7-9-13(11)17-23-24-21(25(17)3)31-10-14(26)22-18-15(19(27)29-4)12(2)16(32-18)20(28)30-5/h6-9H,10H2,1-5H3,(H,22,26). The largest absolute Gasteiger partial charge is 0.465 e. The minimum atomic E-state index is -0.645. The Morgan fingerprint density at radius 2 is 1.78 bits per heavy atom. The predicted molar refractivity (Wildman–Crippen MR) is 122 cm³/mol. The number of hydrogen-bond donors (Lipinski definition) is 1. The van der Waals surface area contributed by atoms with Crippen LogP contribution in [0.15, 0.2) is 29.4 Å². The summed E-state index contributed by atoms with van der Waals surface area (Å²) >= 11 is 2.18. The van der Waals surface area contributed by atoms with E-state index in [1.54, 1.807) is 6.92 Å². The summed E-state index contributed by atoms with van der Waals surface area (Å²) in [6.07, 6.45) is 0. The number of rotatable bonds is 7. The fraction of sp³-hybridized carbons (Fsp3) is 0.286. The molecule has 0 aliphatic rings. The number of ether oxygens (including phenoxy) is 2.